The van der Waals surface area contributed by atoms with Gasteiger partial charge in [0.15, 0.2) is 10.8 Å². The fourth-order valence-corrected chi connectivity index (χ4v) is 1.90. The molecule has 0 fully saturated rings. The van der Waals surface area contributed by atoms with E-state index >= 15 is 0 Å². The maximum Gasteiger partial charge on any atom is 0.346 e. The summed E-state index contributed by atoms with van der Waals surface area (Å²) < 4.78 is 5.16. The predicted molar refractivity (Wildman–Crippen MR) is 61.0 cm³/mol. The molecule has 0 unspecified atom stereocenters. The van der Waals surface area contributed by atoms with Gasteiger partial charge in [-0.25, -0.2) is 9.78 Å². The van der Waals surface area contributed by atoms with Gasteiger partial charge in [-0.3, -0.25) is 0 Å². The fourth-order valence-electron chi connectivity index (χ4n) is 1.16. The Balaban J connectivity index is 2.31. The summed E-state index contributed by atoms with van der Waals surface area (Å²) in [7, 11) is 0. The van der Waals surface area contributed by atoms with Crippen LogP contribution >= 0.6 is 11.3 Å². The largest absolute Gasteiger partial charge is 0.477 e. The number of hydrogen-bond donors (Lipinski definition) is 1. The zero-order chi connectivity index (χ0) is 12.3. The van der Waals surface area contributed by atoms with Gasteiger partial charge in [0.1, 0.15) is 11.6 Å². The fraction of sp³-hybridized carbons (Fsp3) is 0. The normalized spacial score (nSPS) is 11.1. The third-order valence-corrected chi connectivity index (χ3v) is 2.77. The molecule has 0 aliphatic carbocycles. The zero-order valence-corrected chi connectivity index (χ0v) is 9.27. The van der Waals surface area contributed by atoms with E-state index in [1.807, 2.05) is 0 Å². The van der Waals surface area contributed by atoms with Crippen LogP contribution in [0.4, 0.5) is 0 Å². The van der Waals surface area contributed by atoms with Crippen molar-refractivity contribution in [1.82, 2.24) is 4.98 Å². The van der Waals surface area contributed by atoms with Crippen LogP contribution in [0.2, 0.25) is 0 Å². The molecule has 2 rings (SSSR count). The monoisotopic (exact) mass is 246 g/mol. The predicted octanol–water partition coefficient (Wildman–Crippen LogP) is 2.39. The van der Waals surface area contributed by atoms with Gasteiger partial charge in [-0.15, -0.1) is 11.3 Å². The first kappa shape index (κ1) is 11.1. The molecule has 2 aromatic heterocycles. The number of thiazole rings is 1. The molecule has 5 nitrogen and oxygen atoms in total. The van der Waals surface area contributed by atoms with Crippen molar-refractivity contribution in [2.45, 2.75) is 0 Å². The van der Waals surface area contributed by atoms with E-state index in [-0.39, 0.29) is 5.57 Å². The topological polar surface area (TPSA) is 87.1 Å². The molecule has 0 saturated heterocycles. The number of carboxylic acid groups (broad SMARTS) is 1. The van der Waals surface area contributed by atoms with Crippen LogP contribution in [-0.2, 0) is 4.79 Å². The van der Waals surface area contributed by atoms with E-state index in [1.54, 1.807) is 23.6 Å². The molecule has 1 N–H and O–H groups in total. The Morgan fingerprint density at radius 1 is 1.65 bits per heavy atom. The summed E-state index contributed by atoms with van der Waals surface area (Å²) in [6, 6.07) is 5.10. The molecule has 0 spiro atoms. The highest BCUT2D eigenvalue weighted by Gasteiger charge is 2.09. The molecule has 0 bridgehead atoms. The first-order valence-electron chi connectivity index (χ1n) is 4.55. The minimum Gasteiger partial charge on any atom is -0.477 e. The maximum absolute atomic E-state index is 10.6. The van der Waals surface area contributed by atoms with Crippen LogP contribution in [-0.4, -0.2) is 16.1 Å². The van der Waals surface area contributed by atoms with Gasteiger partial charge in [0.25, 0.3) is 0 Å². The van der Waals surface area contributed by atoms with E-state index in [4.69, 9.17) is 14.8 Å². The van der Waals surface area contributed by atoms with Crippen LogP contribution in [0.15, 0.2) is 33.8 Å². The van der Waals surface area contributed by atoms with Crippen molar-refractivity contribution < 1.29 is 14.3 Å². The second-order valence-electron chi connectivity index (χ2n) is 3.03. The molecule has 0 aliphatic heterocycles. The van der Waals surface area contributed by atoms with E-state index in [1.165, 1.54) is 23.7 Å². The standard InChI is InChI=1S/C11H6N2O3S/c12-5-7(11(14)15)4-8-6-17-10(13-8)9-2-1-3-16-9/h1-4,6H,(H,14,15)/b7-4-. The highest BCUT2D eigenvalue weighted by Crippen LogP contribution is 2.24. The average molecular weight is 246 g/mol. The molecule has 17 heavy (non-hydrogen) atoms. The highest BCUT2D eigenvalue weighted by atomic mass is 32.1. The van der Waals surface area contributed by atoms with Crippen LogP contribution in [0.1, 0.15) is 5.69 Å². The summed E-state index contributed by atoms with van der Waals surface area (Å²) in [5.74, 6) is -0.650. The van der Waals surface area contributed by atoms with Crippen molar-refractivity contribution in [2.24, 2.45) is 0 Å². The maximum atomic E-state index is 10.6. The van der Waals surface area contributed by atoms with E-state index in [2.05, 4.69) is 4.98 Å². The lowest BCUT2D eigenvalue weighted by Crippen LogP contribution is -1.97. The van der Waals surface area contributed by atoms with Gasteiger partial charge in [-0.1, -0.05) is 0 Å². The second kappa shape index (κ2) is 4.63. The number of nitriles is 1. The van der Waals surface area contributed by atoms with Crippen molar-refractivity contribution in [1.29, 1.82) is 5.26 Å². The van der Waals surface area contributed by atoms with Crippen LogP contribution in [0.5, 0.6) is 0 Å². The lowest BCUT2D eigenvalue weighted by atomic mass is 10.2. The van der Waals surface area contributed by atoms with E-state index < -0.39 is 5.97 Å². The average Bonchev–Trinajstić information content (AvgIpc) is 2.95. The lowest BCUT2D eigenvalue weighted by Gasteiger charge is -1.88. The van der Waals surface area contributed by atoms with Crippen LogP contribution in [0.25, 0.3) is 16.8 Å². The lowest BCUT2D eigenvalue weighted by molar-refractivity contribution is -0.132. The zero-order valence-electron chi connectivity index (χ0n) is 8.45. The third kappa shape index (κ3) is 2.41. The van der Waals surface area contributed by atoms with Crippen LogP contribution < -0.4 is 0 Å². The molecule has 0 saturated carbocycles. The Hall–Kier alpha value is -2.39. The molecule has 0 aliphatic rings. The van der Waals surface area contributed by atoms with Crippen LogP contribution in [0.3, 0.4) is 0 Å². The van der Waals surface area contributed by atoms with Gasteiger partial charge < -0.3 is 9.52 Å². The van der Waals surface area contributed by atoms with Crippen molar-refractivity contribution >= 4 is 23.4 Å². The van der Waals surface area contributed by atoms with Gasteiger partial charge in [-0.2, -0.15) is 5.26 Å². The Labute approximate surface area is 100 Å². The number of hydrogen-bond acceptors (Lipinski definition) is 5. The van der Waals surface area contributed by atoms with E-state index in [9.17, 15) is 4.79 Å². The number of rotatable bonds is 3. The first-order chi connectivity index (χ1) is 8.20. The third-order valence-electron chi connectivity index (χ3n) is 1.90. The quantitative estimate of drug-likeness (QED) is 0.663. The number of furan rings is 1. The highest BCUT2D eigenvalue weighted by molar-refractivity contribution is 7.13. The molecule has 0 aromatic carbocycles. The van der Waals surface area contributed by atoms with Crippen molar-refractivity contribution in [3.8, 4) is 16.8 Å². The Morgan fingerprint density at radius 2 is 2.47 bits per heavy atom. The second-order valence-corrected chi connectivity index (χ2v) is 3.89. The number of carboxylic acids is 1. The molecule has 0 radical (unpaired) electrons. The summed E-state index contributed by atoms with van der Waals surface area (Å²) in [5, 5.41) is 19.6. The van der Waals surface area contributed by atoms with Gasteiger partial charge in [0, 0.05) is 5.38 Å². The molecule has 0 amide bonds. The van der Waals surface area contributed by atoms with Gasteiger partial charge in [0.05, 0.1) is 12.0 Å². The summed E-state index contributed by atoms with van der Waals surface area (Å²) in [5.41, 5.74) is 0.0849. The van der Waals surface area contributed by atoms with E-state index in [0.29, 0.717) is 16.5 Å². The minimum atomic E-state index is -1.26. The van der Waals surface area contributed by atoms with Gasteiger partial charge in [-0.05, 0) is 18.2 Å². The number of aliphatic carboxylic acids is 1. The summed E-state index contributed by atoms with van der Waals surface area (Å²) in [6.45, 7) is 0. The van der Waals surface area contributed by atoms with Gasteiger partial charge in [0.2, 0.25) is 0 Å². The van der Waals surface area contributed by atoms with Crippen molar-refractivity contribution in [2.75, 3.05) is 0 Å². The van der Waals surface area contributed by atoms with Crippen LogP contribution in [0, 0.1) is 11.3 Å². The summed E-state index contributed by atoms with van der Waals surface area (Å²) in [6.07, 6.45) is 2.76. The summed E-state index contributed by atoms with van der Waals surface area (Å²) in [4.78, 5) is 14.8. The molecule has 2 aromatic rings. The minimum absolute atomic E-state index is 0.346. The first-order valence-corrected chi connectivity index (χ1v) is 5.43. The van der Waals surface area contributed by atoms with E-state index in [0.717, 1.165) is 0 Å². The number of nitrogens with zero attached hydrogens (tertiary/aromatic N) is 2. The van der Waals surface area contributed by atoms with Crippen molar-refractivity contribution in [3.05, 3.63) is 35.0 Å². The SMILES string of the molecule is N#C/C(=C/c1csc(-c2ccco2)n1)C(=O)O. The van der Waals surface area contributed by atoms with Crippen molar-refractivity contribution in [3.63, 3.8) is 0 Å². The molecule has 2 heterocycles. The molecule has 84 valence electrons. The number of carbonyl (C=O) groups is 1. The smallest absolute Gasteiger partial charge is 0.346 e. The molecular weight excluding hydrogens is 240 g/mol. The molecule has 6 heteroatoms. The Bertz CT molecular complexity index is 605. The molecule has 0 atom stereocenters. The summed E-state index contributed by atoms with van der Waals surface area (Å²) >= 11 is 1.32. The Kier molecular flexibility index (Phi) is 3.03. The van der Waals surface area contributed by atoms with Gasteiger partial charge >= 0.3 is 5.97 Å². The Morgan fingerprint density at radius 3 is 3.06 bits per heavy atom. The number of aromatic nitrogens is 1. The molecular formula is C11H6N2O3S.